The van der Waals surface area contributed by atoms with E-state index in [9.17, 15) is 8.42 Å². The summed E-state index contributed by atoms with van der Waals surface area (Å²) in [6.45, 7) is 9.82. The molecule has 6 heteroatoms. The number of rotatable bonds is 8. The molecule has 0 radical (unpaired) electrons. The lowest BCUT2D eigenvalue weighted by Crippen LogP contribution is -2.35. The first-order chi connectivity index (χ1) is 9.28. The maximum Gasteiger partial charge on any atom is 0.252 e. The van der Waals surface area contributed by atoms with Crippen molar-refractivity contribution in [2.45, 2.75) is 50.9 Å². The molecule has 0 saturated heterocycles. The predicted molar refractivity (Wildman–Crippen MR) is 85.6 cm³/mol. The van der Waals surface area contributed by atoms with E-state index in [0.29, 0.717) is 10.1 Å². The Kier molecular flexibility index (Phi) is 6.64. The van der Waals surface area contributed by atoms with Gasteiger partial charge in [0.25, 0.3) is 10.0 Å². The molecule has 1 unspecified atom stereocenters. The van der Waals surface area contributed by atoms with Gasteiger partial charge in [0.05, 0.1) is 0 Å². The van der Waals surface area contributed by atoms with Gasteiger partial charge in [-0.15, -0.1) is 11.3 Å². The Morgan fingerprint density at radius 3 is 2.50 bits per heavy atom. The third kappa shape index (κ3) is 4.55. The van der Waals surface area contributed by atoms with Gasteiger partial charge in [0.2, 0.25) is 0 Å². The van der Waals surface area contributed by atoms with Crippen LogP contribution in [0.1, 0.15) is 39.0 Å². The molecule has 116 valence electrons. The van der Waals surface area contributed by atoms with E-state index in [1.165, 1.54) is 15.6 Å². The highest BCUT2D eigenvalue weighted by molar-refractivity contribution is 7.91. The second-order valence-corrected chi connectivity index (χ2v) is 8.89. The average molecular weight is 319 g/mol. The first-order valence-corrected chi connectivity index (χ1v) is 9.32. The summed E-state index contributed by atoms with van der Waals surface area (Å²) in [6, 6.07) is 3.62. The zero-order chi connectivity index (χ0) is 15.3. The highest BCUT2D eigenvalue weighted by Crippen LogP contribution is 2.26. The Bertz CT molecular complexity index is 509. The molecule has 0 saturated carbocycles. The van der Waals surface area contributed by atoms with Gasteiger partial charge in [0.1, 0.15) is 4.21 Å². The lowest BCUT2D eigenvalue weighted by molar-refractivity contribution is 0.338. The summed E-state index contributed by atoms with van der Waals surface area (Å²) in [7, 11) is -1.69. The fourth-order valence-corrected chi connectivity index (χ4v) is 4.93. The Balaban J connectivity index is 2.84. The molecule has 1 atom stereocenters. The molecule has 1 aromatic heterocycles. The van der Waals surface area contributed by atoms with Crippen LogP contribution in [0.15, 0.2) is 16.3 Å². The number of nitrogens with one attached hydrogen (secondary N) is 1. The predicted octanol–water partition coefficient (Wildman–Crippen LogP) is 2.91. The summed E-state index contributed by atoms with van der Waals surface area (Å²) >= 11 is 1.35. The van der Waals surface area contributed by atoms with Gasteiger partial charge in [-0.3, -0.25) is 0 Å². The number of hydrogen-bond donors (Lipinski definition) is 1. The molecule has 0 aliphatic carbocycles. The topological polar surface area (TPSA) is 49.4 Å². The summed E-state index contributed by atoms with van der Waals surface area (Å²) in [5, 5.41) is 3.21. The van der Waals surface area contributed by atoms with E-state index in [0.717, 1.165) is 24.4 Å². The van der Waals surface area contributed by atoms with Crippen LogP contribution in [0.5, 0.6) is 0 Å². The first-order valence-electron chi connectivity index (χ1n) is 7.06. The van der Waals surface area contributed by atoms with Gasteiger partial charge in [-0.05, 0) is 37.9 Å². The van der Waals surface area contributed by atoms with E-state index in [-0.39, 0.29) is 6.04 Å². The normalized spacial score (nSPS) is 14.2. The summed E-state index contributed by atoms with van der Waals surface area (Å²) in [6.07, 6.45) is 0.866. The van der Waals surface area contributed by atoms with E-state index in [4.69, 9.17) is 0 Å². The summed E-state index contributed by atoms with van der Waals surface area (Å²) in [5.74, 6) is 0.482. The van der Waals surface area contributed by atoms with E-state index >= 15 is 0 Å². The van der Waals surface area contributed by atoms with Crippen LogP contribution in [0, 0.1) is 5.92 Å². The largest absolute Gasteiger partial charge is 0.312 e. The molecule has 20 heavy (non-hydrogen) atoms. The highest BCUT2D eigenvalue weighted by atomic mass is 32.2. The fraction of sp³-hybridized carbons (Fsp3) is 0.714. The van der Waals surface area contributed by atoms with E-state index < -0.39 is 10.0 Å². The van der Waals surface area contributed by atoms with Crippen LogP contribution in [0.4, 0.5) is 0 Å². The van der Waals surface area contributed by atoms with Crippen molar-refractivity contribution in [3.8, 4) is 0 Å². The Morgan fingerprint density at radius 2 is 1.95 bits per heavy atom. The molecule has 1 heterocycles. The molecular weight excluding hydrogens is 292 g/mol. The summed E-state index contributed by atoms with van der Waals surface area (Å²) in [4.78, 5) is 1.05. The monoisotopic (exact) mass is 318 g/mol. The second-order valence-electron chi connectivity index (χ2n) is 5.50. The van der Waals surface area contributed by atoms with Crippen molar-refractivity contribution in [3.63, 3.8) is 0 Å². The van der Waals surface area contributed by atoms with Crippen molar-refractivity contribution in [3.05, 3.63) is 17.0 Å². The SMILES string of the molecule is CCNCc1ccc(S(=O)(=O)N(C)C(C)CC(C)C)s1. The molecule has 0 bridgehead atoms. The van der Waals surface area contributed by atoms with Crippen LogP contribution in [-0.4, -0.2) is 32.4 Å². The molecule has 0 aromatic carbocycles. The third-order valence-corrected chi connectivity index (χ3v) is 6.78. The lowest BCUT2D eigenvalue weighted by atomic mass is 10.1. The minimum Gasteiger partial charge on any atom is -0.312 e. The zero-order valence-electron chi connectivity index (χ0n) is 13.0. The van der Waals surface area contributed by atoms with Crippen molar-refractivity contribution in [1.82, 2.24) is 9.62 Å². The maximum atomic E-state index is 12.6. The van der Waals surface area contributed by atoms with Crippen molar-refractivity contribution in [2.24, 2.45) is 5.92 Å². The molecule has 1 rings (SSSR count). The van der Waals surface area contributed by atoms with Crippen molar-refractivity contribution < 1.29 is 8.42 Å². The van der Waals surface area contributed by atoms with Crippen molar-refractivity contribution >= 4 is 21.4 Å². The molecular formula is C14H26N2O2S2. The standard InChI is InChI=1S/C14H26N2O2S2/c1-6-15-10-13-7-8-14(19-13)20(17,18)16(5)12(4)9-11(2)3/h7-8,11-12,15H,6,9-10H2,1-5H3. The van der Waals surface area contributed by atoms with Crippen LogP contribution in [0.25, 0.3) is 0 Å². The average Bonchev–Trinajstić information content (AvgIpc) is 2.83. The number of nitrogens with zero attached hydrogens (tertiary/aromatic N) is 1. The Morgan fingerprint density at radius 1 is 1.30 bits per heavy atom. The van der Waals surface area contributed by atoms with Gasteiger partial charge in [-0.25, -0.2) is 8.42 Å². The van der Waals surface area contributed by atoms with Gasteiger partial charge >= 0.3 is 0 Å². The lowest BCUT2D eigenvalue weighted by Gasteiger charge is -2.24. The zero-order valence-corrected chi connectivity index (χ0v) is 14.6. The van der Waals surface area contributed by atoms with E-state index in [2.05, 4.69) is 19.2 Å². The van der Waals surface area contributed by atoms with Gasteiger partial charge in [-0.1, -0.05) is 20.8 Å². The summed E-state index contributed by atoms with van der Waals surface area (Å²) < 4.78 is 27.0. The highest BCUT2D eigenvalue weighted by Gasteiger charge is 2.27. The first kappa shape index (κ1) is 17.6. The minimum absolute atomic E-state index is 0.0133. The maximum absolute atomic E-state index is 12.6. The molecule has 0 aliphatic heterocycles. The van der Waals surface area contributed by atoms with Gasteiger partial charge in [0.15, 0.2) is 0 Å². The number of hydrogen-bond acceptors (Lipinski definition) is 4. The number of thiophene rings is 1. The Hall–Kier alpha value is -0.430. The molecule has 0 fully saturated rings. The van der Waals surface area contributed by atoms with Crippen LogP contribution in [0.3, 0.4) is 0 Å². The quantitative estimate of drug-likeness (QED) is 0.802. The smallest absolute Gasteiger partial charge is 0.252 e. The van der Waals surface area contributed by atoms with Crippen molar-refractivity contribution in [1.29, 1.82) is 0 Å². The minimum atomic E-state index is -3.36. The van der Waals surface area contributed by atoms with E-state index in [1.807, 2.05) is 19.9 Å². The van der Waals surface area contributed by atoms with Crippen LogP contribution in [-0.2, 0) is 16.6 Å². The fourth-order valence-electron chi connectivity index (χ4n) is 2.05. The van der Waals surface area contributed by atoms with Crippen LogP contribution < -0.4 is 5.32 Å². The van der Waals surface area contributed by atoms with Crippen LogP contribution in [0.2, 0.25) is 0 Å². The Labute approximate surface area is 127 Å². The number of sulfonamides is 1. The second kappa shape index (κ2) is 7.54. The van der Waals surface area contributed by atoms with Crippen LogP contribution >= 0.6 is 11.3 Å². The summed E-state index contributed by atoms with van der Waals surface area (Å²) in [5.41, 5.74) is 0. The molecule has 4 nitrogen and oxygen atoms in total. The molecule has 0 aliphatic rings. The van der Waals surface area contributed by atoms with E-state index in [1.54, 1.807) is 13.1 Å². The van der Waals surface area contributed by atoms with Gasteiger partial charge < -0.3 is 5.32 Å². The third-order valence-electron chi connectivity index (χ3n) is 3.25. The molecule has 0 spiro atoms. The van der Waals surface area contributed by atoms with Gasteiger partial charge in [-0.2, -0.15) is 4.31 Å². The van der Waals surface area contributed by atoms with Gasteiger partial charge in [0, 0.05) is 24.5 Å². The molecule has 1 N–H and O–H groups in total. The molecule has 1 aromatic rings. The molecule has 0 amide bonds. The van der Waals surface area contributed by atoms with Crippen molar-refractivity contribution in [2.75, 3.05) is 13.6 Å².